The fraction of sp³-hybridized carbons (Fsp3) is 0.353. The highest BCUT2D eigenvalue weighted by Gasteiger charge is 2.12. The summed E-state index contributed by atoms with van der Waals surface area (Å²) < 4.78 is 25.8. The molecule has 5 nitrogen and oxygen atoms in total. The van der Waals surface area contributed by atoms with E-state index in [0.29, 0.717) is 0 Å². The van der Waals surface area contributed by atoms with Gasteiger partial charge in [-0.25, -0.2) is 13.1 Å². The summed E-state index contributed by atoms with van der Waals surface area (Å²) in [6, 6.07) is 13.7. The zero-order chi connectivity index (χ0) is 16.9. The molecule has 0 spiro atoms. The van der Waals surface area contributed by atoms with E-state index in [1.54, 1.807) is 13.8 Å². The van der Waals surface area contributed by atoms with E-state index in [-0.39, 0.29) is 30.7 Å². The molecule has 0 saturated heterocycles. The summed E-state index contributed by atoms with van der Waals surface area (Å²) in [5, 5.41) is 4.86. The van der Waals surface area contributed by atoms with E-state index in [1.807, 2.05) is 42.5 Å². The summed E-state index contributed by atoms with van der Waals surface area (Å²) in [6.45, 7) is 3.63. The topological polar surface area (TPSA) is 75.3 Å². The number of carbonyl (C=O) groups is 1. The Kier molecular flexibility index (Phi) is 5.74. The summed E-state index contributed by atoms with van der Waals surface area (Å²) in [5.41, 5.74) is 0.907. The van der Waals surface area contributed by atoms with E-state index in [1.165, 1.54) is 0 Å². The molecule has 0 bridgehead atoms. The molecule has 0 unspecified atom stereocenters. The minimum Gasteiger partial charge on any atom is -0.355 e. The third-order valence-electron chi connectivity index (χ3n) is 3.29. The second-order valence-electron chi connectivity index (χ2n) is 5.80. The van der Waals surface area contributed by atoms with Crippen molar-refractivity contribution in [1.82, 2.24) is 10.0 Å². The molecule has 1 amide bonds. The van der Waals surface area contributed by atoms with Crippen LogP contribution in [0.25, 0.3) is 10.8 Å². The molecule has 0 heterocycles. The maximum atomic E-state index is 11.9. The lowest BCUT2D eigenvalue weighted by molar-refractivity contribution is -0.120. The number of hydrogen-bond acceptors (Lipinski definition) is 3. The average molecular weight is 334 g/mol. The maximum Gasteiger partial charge on any atom is 0.224 e. The predicted molar refractivity (Wildman–Crippen MR) is 92.7 cm³/mol. The van der Waals surface area contributed by atoms with Crippen molar-refractivity contribution >= 4 is 26.7 Å². The zero-order valence-corrected chi connectivity index (χ0v) is 14.2. The van der Waals surface area contributed by atoms with Gasteiger partial charge in [-0.15, -0.1) is 0 Å². The van der Waals surface area contributed by atoms with E-state index in [0.717, 1.165) is 16.3 Å². The first kappa shape index (κ1) is 17.4. The molecular weight excluding hydrogens is 312 g/mol. The lowest BCUT2D eigenvalue weighted by Gasteiger charge is -2.10. The Morgan fingerprint density at radius 1 is 1.09 bits per heavy atom. The van der Waals surface area contributed by atoms with Crippen LogP contribution in [0.3, 0.4) is 0 Å². The first-order chi connectivity index (χ1) is 10.9. The number of hydrogen-bond donors (Lipinski definition) is 2. The predicted octanol–water partition coefficient (Wildman–Crippen LogP) is 1.83. The van der Waals surface area contributed by atoms with Crippen molar-refractivity contribution in [3.8, 4) is 0 Å². The third-order valence-corrected chi connectivity index (χ3v) is 4.86. The molecule has 0 aromatic heterocycles. The number of carbonyl (C=O) groups excluding carboxylic acids is 1. The lowest BCUT2D eigenvalue weighted by Crippen LogP contribution is -2.37. The van der Waals surface area contributed by atoms with Crippen molar-refractivity contribution in [2.24, 2.45) is 0 Å². The van der Waals surface area contributed by atoms with Crippen molar-refractivity contribution in [3.63, 3.8) is 0 Å². The summed E-state index contributed by atoms with van der Waals surface area (Å²) in [4.78, 5) is 11.9. The standard InChI is InChI=1S/C17H22N2O3S/c1-13(2)19-23(21,22)10-9-18-17(20)12-14-7-8-15-5-3-4-6-16(15)11-14/h3-8,11,13,19H,9-10,12H2,1-2H3,(H,18,20). The molecule has 0 aliphatic heterocycles. The van der Waals surface area contributed by atoms with Crippen LogP contribution in [-0.2, 0) is 21.2 Å². The Balaban J connectivity index is 1.86. The SMILES string of the molecule is CC(C)NS(=O)(=O)CCNC(=O)Cc1ccc2ccccc2c1. The molecule has 2 aromatic rings. The minimum atomic E-state index is -3.34. The molecular formula is C17H22N2O3S. The van der Waals surface area contributed by atoms with Crippen LogP contribution in [0.2, 0.25) is 0 Å². The molecule has 2 aromatic carbocycles. The fourth-order valence-corrected chi connectivity index (χ4v) is 3.55. The van der Waals surface area contributed by atoms with Gasteiger partial charge in [0.25, 0.3) is 0 Å². The quantitative estimate of drug-likeness (QED) is 0.811. The van der Waals surface area contributed by atoms with Gasteiger partial charge in [0.1, 0.15) is 0 Å². The Bertz CT molecular complexity index is 785. The first-order valence-corrected chi connectivity index (χ1v) is 9.25. The van der Waals surface area contributed by atoms with Crippen LogP contribution in [0.1, 0.15) is 19.4 Å². The van der Waals surface area contributed by atoms with Crippen LogP contribution in [-0.4, -0.2) is 32.7 Å². The fourth-order valence-electron chi connectivity index (χ4n) is 2.34. The Morgan fingerprint density at radius 2 is 1.78 bits per heavy atom. The van der Waals surface area contributed by atoms with Crippen LogP contribution in [0, 0.1) is 0 Å². The van der Waals surface area contributed by atoms with Crippen molar-refractivity contribution in [1.29, 1.82) is 0 Å². The largest absolute Gasteiger partial charge is 0.355 e. The van der Waals surface area contributed by atoms with E-state index >= 15 is 0 Å². The van der Waals surface area contributed by atoms with Gasteiger partial charge in [-0.3, -0.25) is 4.79 Å². The monoisotopic (exact) mass is 334 g/mol. The van der Waals surface area contributed by atoms with E-state index in [2.05, 4.69) is 10.0 Å². The second-order valence-corrected chi connectivity index (χ2v) is 7.67. The minimum absolute atomic E-state index is 0.106. The van der Waals surface area contributed by atoms with Gasteiger partial charge in [-0.1, -0.05) is 42.5 Å². The van der Waals surface area contributed by atoms with Gasteiger partial charge in [0.15, 0.2) is 0 Å². The van der Waals surface area contributed by atoms with Crippen LogP contribution < -0.4 is 10.0 Å². The summed E-state index contributed by atoms with van der Waals surface area (Å²) >= 11 is 0. The van der Waals surface area contributed by atoms with E-state index < -0.39 is 10.0 Å². The molecule has 23 heavy (non-hydrogen) atoms. The van der Waals surface area contributed by atoms with Gasteiger partial charge in [-0.2, -0.15) is 0 Å². The third kappa shape index (κ3) is 5.65. The van der Waals surface area contributed by atoms with Gasteiger partial charge >= 0.3 is 0 Å². The highest BCUT2D eigenvalue weighted by atomic mass is 32.2. The smallest absolute Gasteiger partial charge is 0.224 e. The average Bonchev–Trinajstić information content (AvgIpc) is 2.45. The van der Waals surface area contributed by atoms with Crippen LogP contribution in [0.15, 0.2) is 42.5 Å². The van der Waals surface area contributed by atoms with Gasteiger partial charge in [0.05, 0.1) is 12.2 Å². The van der Waals surface area contributed by atoms with Gasteiger partial charge in [0, 0.05) is 12.6 Å². The Morgan fingerprint density at radius 3 is 2.48 bits per heavy atom. The van der Waals surface area contributed by atoms with Crippen molar-refractivity contribution in [2.75, 3.05) is 12.3 Å². The number of nitrogens with one attached hydrogen (secondary N) is 2. The zero-order valence-electron chi connectivity index (χ0n) is 13.4. The molecule has 124 valence electrons. The molecule has 0 radical (unpaired) electrons. The number of sulfonamides is 1. The van der Waals surface area contributed by atoms with E-state index in [4.69, 9.17) is 0 Å². The number of fused-ring (bicyclic) bond motifs is 1. The summed E-state index contributed by atoms with van der Waals surface area (Å²) in [7, 11) is -3.34. The van der Waals surface area contributed by atoms with Crippen molar-refractivity contribution in [2.45, 2.75) is 26.3 Å². The summed E-state index contributed by atoms with van der Waals surface area (Å²) in [6.07, 6.45) is 0.239. The maximum absolute atomic E-state index is 11.9. The molecule has 2 N–H and O–H groups in total. The van der Waals surface area contributed by atoms with Crippen molar-refractivity contribution in [3.05, 3.63) is 48.0 Å². The Hall–Kier alpha value is -1.92. The number of amides is 1. The first-order valence-electron chi connectivity index (χ1n) is 7.60. The molecule has 0 atom stereocenters. The molecule has 0 fully saturated rings. The molecule has 0 aliphatic rings. The molecule has 2 rings (SSSR count). The highest BCUT2D eigenvalue weighted by molar-refractivity contribution is 7.89. The van der Waals surface area contributed by atoms with Crippen LogP contribution in [0.4, 0.5) is 0 Å². The Labute approximate surface area is 137 Å². The van der Waals surface area contributed by atoms with Gasteiger partial charge < -0.3 is 5.32 Å². The van der Waals surface area contributed by atoms with Crippen LogP contribution >= 0.6 is 0 Å². The normalized spacial score (nSPS) is 11.8. The van der Waals surface area contributed by atoms with Crippen LogP contribution in [0.5, 0.6) is 0 Å². The number of rotatable bonds is 7. The molecule has 0 aliphatic carbocycles. The van der Waals surface area contributed by atoms with Gasteiger partial charge in [0.2, 0.25) is 15.9 Å². The lowest BCUT2D eigenvalue weighted by atomic mass is 10.1. The van der Waals surface area contributed by atoms with Gasteiger partial charge in [-0.05, 0) is 30.2 Å². The second kappa shape index (κ2) is 7.57. The van der Waals surface area contributed by atoms with Crippen molar-refractivity contribution < 1.29 is 13.2 Å². The highest BCUT2D eigenvalue weighted by Crippen LogP contribution is 2.15. The summed E-state index contributed by atoms with van der Waals surface area (Å²) in [5.74, 6) is -0.297. The van der Waals surface area contributed by atoms with E-state index in [9.17, 15) is 13.2 Å². The molecule has 0 saturated carbocycles. The number of benzene rings is 2. The molecule has 6 heteroatoms.